The number of amides is 3. The highest BCUT2D eigenvalue weighted by atomic mass is 19.1. The number of rotatable bonds is 8. The first kappa shape index (κ1) is 25.0. The highest BCUT2D eigenvalue weighted by molar-refractivity contribution is 6.06. The van der Waals surface area contributed by atoms with Gasteiger partial charge in [-0.2, -0.15) is 0 Å². The molecule has 0 spiro atoms. The normalized spacial score (nSPS) is 12.4. The van der Waals surface area contributed by atoms with Crippen LogP contribution in [0.4, 0.5) is 10.1 Å². The fourth-order valence-corrected chi connectivity index (χ4v) is 3.47. The Kier molecular flexibility index (Phi) is 7.42. The summed E-state index contributed by atoms with van der Waals surface area (Å²) in [5.41, 5.74) is 5.67. The summed E-state index contributed by atoms with van der Waals surface area (Å²) in [4.78, 5) is 37.2. The van der Waals surface area contributed by atoms with Crippen molar-refractivity contribution in [1.29, 1.82) is 0 Å². The van der Waals surface area contributed by atoms with E-state index in [0.29, 0.717) is 22.5 Å². The van der Waals surface area contributed by atoms with Crippen molar-refractivity contribution in [2.75, 3.05) is 11.9 Å². The number of nitrogens with one attached hydrogen (secondary N) is 2. The van der Waals surface area contributed by atoms with Gasteiger partial charge in [0.25, 0.3) is 11.8 Å². The minimum atomic E-state index is -1.73. The molecule has 0 saturated heterocycles. The number of nitrogens with zero attached hydrogens (tertiary/aromatic N) is 1. The summed E-state index contributed by atoms with van der Waals surface area (Å²) >= 11 is 0. The fraction of sp³-hybridized carbons (Fsp3) is 0.409. The van der Waals surface area contributed by atoms with Crippen LogP contribution >= 0.6 is 0 Å². The van der Waals surface area contributed by atoms with Crippen LogP contribution in [0.5, 0.6) is 0 Å². The maximum Gasteiger partial charge on any atom is 0.257 e. The molecule has 1 unspecified atom stereocenters. The monoisotopic (exact) mass is 448 g/mol. The molecule has 6 N–H and O–H groups in total. The van der Waals surface area contributed by atoms with Crippen LogP contribution < -0.4 is 16.4 Å². The maximum absolute atomic E-state index is 13.5. The zero-order valence-corrected chi connectivity index (χ0v) is 18.7. The first-order valence-electron chi connectivity index (χ1n) is 9.99. The van der Waals surface area contributed by atoms with Gasteiger partial charge in [0.1, 0.15) is 11.4 Å². The van der Waals surface area contributed by atoms with Crippen molar-refractivity contribution in [3.05, 3.63) is 52.1 Å². The molecule has 32 heavy (non-hydrogen) atoms. The molecule has 2 rings (SSSR count). The second-order valence-electron chi connectivity index (χ2n) is 8.15. The van der Waals surface area contributed by atoms with E-state index in [-0.39, 0.29) is 24.4 Å². The first-order chi connectivity index (χ1) is 14.8. The zero-order chi connectivity index (χ0) is 24.4. The minimum Gasteiger partial charge on any atom is -0.395 e. The van der Waals surface area contributed by atoms with Gasteiger partial charge >= 0.3 is 0 Å². The lowest BCUT2D eigenvalue weighted by Gasteiger charge is -2.25. The third-order valence-corrected chi connectivity index (χ3v) is 5.34. The number of anilines is 1. The summed E-state index contributed by atoms with van der Waals surface area (Å²) < 4.78 is 15.0. The van der Waals surface area contributed by atoms with E-state index in [1.165, 1.54) is 36.6 Å². The number of aliphatic hydroxyl groups is 2. The van der Waals surface area contributed by atoms with Gasteiger partial charge in [0, 0.05) is 17.9 Å². The quantitative estimate of drug-likeness (QED) is 0.412. The van der Waals surface area contributed by atoms with Crippen LogP contribution in [-0.2, 0) is 16.1 Å². The predicted molar refractivity (Wildman–Crippen MR) is 116 cm³/mol. The van der Waals surface area contributed by atoms with Gasteiger partial charge in [-0.25, -0.2) is 4.39 Å². The van der Waals surface area contributed by atoms with E-state index >= 15 is 0 Å². The molecule has 0 bridgehead atoms. The molecule has 1 aromatic heterocycles. The van der Waals surface area contributed by atoms with E-state index in [1.807, 2.05) is 0 Å². The first-order valence-corrected chi connectivity index (χ1v) is 9.99. The number of carbonyl (C=O) groups excluding carboxylic acids is 3. The van der Waals surface area contributed by atoms with E-state index in [1.54, 1.807) is 20.8 Å². The lowest BCUT2D eigenvalue weighted by molar-refractivity contribution is -0.136. The standard InChI is InChI=1S/C22H29FN4O5/c1-11-10-14(6-7-15(11)23)25-19(30)16-12(2)17(27(8-9-28)13(16)3)18(29)20(31)26-22(4,5)21(24)32/h6-7,10,18,28-29H,8-9H2,1-5H3,(H2,24,32)(H,25,30)(H,26,31). The Morgan fingerprint density at radius 2 is 1.84 bits per heavy atom. The van der Waals surface area contributed by atoms with Crippen molar-refractivity contribution in [3.8, 4) is 0 Å². The number of hydrogen-bond donors (Lipinski definition) is 5. The molecule has 1 heterocycles. The number of carbonyl (C=O) groups is 3. The van der Waals surface area contributed by atoms with Crippen molar-refractivity contribution in [2.24, 2.45) is 5.73 Å². The fourth-order valence-electron chi connectivity index (χ4n) is 3.47. The van der Waals surface area contributed by atoms with E-state index < -0.39 is 35.2 Å². The third-order valence-electron chi connectivity index (χ3n) is 5.34. The number of halogens is 1. The van der Waals surface area contributed by atoms with E-state index in [9.17, 15) is 29.0 Å². The average molecular weight is 448 g/mol. The second-order valence-corrected chi connectivity index (χ2v) is 8.15. The summed E-state index contributed by atoms with van der Waals surface area (Å²) in [5, 5.41) is 25.3. The van der Waals surface area contributed by atoms with Crippen LogP contribution in [0.3, 0.4) is 0 Å². The maximum atomic E-state index is 13.5. The lowest BCUT2D eigenvalue weighted by Crippen LogP contribution is -2.54. The molecule has 0 saturated carbocycles. The summed E-state index contributed by atoms with van der Waals surface area (Å²) in [6, 6.07) is 4.14. The third kappa shape index (κ3) is 4.97. The lowest BCUT2D eigenvalue weighted by atomic mass is 10.0. The van der Waals surface area contributed by atoms with Crippen molar-refractivity contribution < 1.29 is 29.0 Å². The molecule has 174 valence electrons. The molecule has 1 atom stereocenters. The van der Waals surface area contributed by atoms with E-state index in [2.05, 4.69) is 10.6 Å². The second kappa shape index (κ2) is 9.49. The van der Waals surface area contributed by atoms with Crippen LogP contribution in [0.25, 0.3) is 0 Å². The number of primary amides is 1. The number of benzene rings is 1. The van der Waals surface area contributed by atoms with Crippen LogP contribution in [0, 0.1) is 26.6 Å². The van der Waals surface area contributed by atoms with Crippen molar-refractivity contribution in [1.82, 2.24) is 9.88 Å². The molecule has 0 radical (unpaired) electrons. The Hall–Kier alpha value is -3.24. The Labute approximate surface area is 185 Å². The summed E-state index contributed by atoms with van der Waals surface area (Å²) in [6.45, 7) is 7.27. The van der Waals surface area contributed by atoms with Crippen LogP contribution in [0.2, 0.25) is 0 Å². The van der Waals surface area contributed by atoms with Gasteiger partial charge in [0.2, 0.25) is 5.91 Å². The molecule has 0 fully saturated rings. The smallest absolute Gasteiger partial charge is 0.257 e. The van der Waals surface area contributed by atoms with E-state index in [0.717, 1.165) is 0 Å². The topological polar surface area (TPSA) is 147 Å². The minimum absolute atomic E-state index is 0.0223. The van der Waals surface area contributed by atoms with Crippen molar-refractivity contribution in [3.63, 3.8) is 0 Å². The summed E-state index contributed by atoms with van der Waals surface area (Å²) in [5.74, 6) is -2.59. The van der Waals surface area contributed by atoms with Crippen molar-refractivity contribution in [2.45, 2.75) is 52.8 Å². The largest absolute Gasteiger partial charge is 0.395 e. The van der Waals surface area contributed by atoms with Gasteiger partial charge in [-0.1, -0.05) is 0 Å². The van der Waals surface area contributed by atoms with Gasteiger partial charge < -0.3 is 31.1 Å². The summed E-state index contributed by atoms with van der Waals surface area (Å²) in [6.07, 6.45) is -1.73. The number of aryl methyl sites for hydroxylation is 1. The molecule has 2 aromatic rings. The van der Waals surface area contributed by atoms with Gasteiger partial charge in [-0.05, 0) is 63.9 Å². The molecule has 10 heteroatoms. The summed E-state index contributed by atoms with van der Waals surface area (Å²) in [7, 11) is 0. The zero-order valence-electron chi connectivity index (χ0n) is 18.7. The highest BCUT2D eigenvalue weighted by Gasteiger charge is 2.34. The van der Waals surface area contributed by atoms with E-state index in [4.69, 9.17) is 5.73 Å². The molecule has 0 aliphatic carbocycles. The molecular formula is C22H29FN4O5. The molecular weight excluding hydrogens is 419 g/mol. The molecule has 9 nitrogen and oxygen atoms in total. The number of nitrogens with two attached hydrogens (primary N) is 1. The van der Waals surface area contributed by atoms with Gasteiger partial charge in [0.15, 0.2) is 6.10 Å². The Morgan fingerprint density at radius 3 is 2.38 bits per heavy atom. The Morgan fingerprint density at radius 1 is 1.22 bits per heavy atom. The number of aromatic nitrogens is 1. The van der Waals surface area contributed by atoms with Gasteiger partial charge in [0.05, 0.1) is 17.9 Å². The Balaban J connectivity index is 2.45. The molecule has 0 aliphatic rings. The van der Waals surface area contributed by atoms with Crippen LogP contribution in [0.15, 0.2) is 18.2 Å². The van der Waals surface area contributed by atoms with Crippen molar-refractivity contribution >= 4 is 23.4 Å². The number of aliphatic hydroxyl groups excluding tert-OH is 2. The predicted octanol–water partition coefficient (Wildman–Crippen LogP) is 1.21. The number of hydrogen-bond acceptors (Lipinski definition) is 5. The molecule has 3 amide bonds. The van der Waals surface area contributed by atoms with Crippen LogP contribution in [-0.4, -0.2) is 44.6 Å². The van der Waals surface area contributed by atoms with Gasteiger partial charge in [-0.3, -0.25) is 14.4 Å². The SMILES string of the molecule is Cc1cc(NC(=O)c2c(C)c(C(O)C(=O)NC(C)(C)C(N)=O)n(CCO)c2C)ccc1F. The Bertz CT molecular complexity index is 1060. The average Bonchev–Trinajstić information content (AvgIpc) is 2.93. The molecule has 1 aromatic carbocycles. The van der Waals surface area contributed by atoms with Gasteiger partial charge in [-0.15, -0.1) is 0 Å². The highest BCUT2D eigenvalue weighted by Crippen LogP contribution is 2.29. The molecule has 0 aliphatic heterocycles. The van der Waals surface area contributed by atoms with Crippen LogP contribution in [0.1, 0.15) is 52.8 Å².